The Balaban J connectivity index is 1.76. The van der Waals surface area contributed by atoms with Gasteiger partial charge in [0.1, 0.15) is 5.75 Å². The first-order valence-electron chi connectivity index (χ1n) is 9.29. The molecule has 0 radical (unpaired) electrons. The first kappa shape index (κ1) is 19.7. The van der Waals surface area contributed by atoms with Gasteiger partial charge in [-0.05, 0) is 43.3 Å². The maximum absolute atomic E-state index is 12.9. The highest BCUT2D eigenvalue weighted by Crippen LogP contribution is 2.26. The van der Waals surface area contributed by atoms with E-state index in [0.29, 0.717) is 22.3 Å². The maximum atomic E-state index is 12.9. The van der Waals surface area contributed by atoms with Gasteiger partial charge in [-0.1, -0.05) is 53.6 Å². The summed E-state index contributed by atoms with van der Waals surface area (Å²) in [6, 6.07) is 22.3. The molecule has 0 saturated carbocycles. The Morgan fingerprint density at radius 1 is 1.03 bits per heavy atom. The van der Waals surface area contributed by atoms with Crippen LogP contribution in [0, 0.1) is 6.92 Å². The molecule has 0 aliphatic carbocycles. The number of para-hydroxylation sites is 2. The average molecular weight is 419 g/mol. The predicted molar refractivity (Wildman–Crippen MR) is 117 cm³/mol. The molecular weight excluding hydrogens is 400 g/mol. The topological polar surface area (TPSA) is 69.0 Å². The van der Waals surface area contributed by atoms with Gasteiger partial charge in [0.15, 0.2) is 5.82 Å². The normalized spacial score (nSPS) is 10.6. The summed E-state index contributed by atoms with van der Waals surface area (Å²) in [6.45, 7) is 2.01. The molecule has 150 valence electrons. The smallest absolute Gasteiger partial charge is 0.295 e. The molecule has 0 fully saturated rings. The molecule has 6 nitrogen and oxygen atoms in total. The molecule has 1 amide bonds. The molecule has 0 unspecified atom stereocenters. The minimum atomic E-state index is -0.436. The molecule has 0 aliphatic heterocycles. The Labute approximate surface area is 179 Å². The highest BCUT2D eigenvalue weighted by Gasteiger charge is 2.20. The van der Waals surface area contributed by atoms with Crippen LogP contribution in [-0.4, -0.2) is 27.8 Å². The summed E-state index contributed by atoms with van der Waals surface area (Å²) in [5, 5.41) is 7.87. The molecule has 3 aromatic carbocycles. The molecule has 0 atom stereocenters. The largest absolute Gasteiger partial charge is 0.495 e. The number of nitrogens with one attached hydrogen (secondary N) is 1. The van der Waals surface area contributed by atoms with Crippen molar-refractivity contribution in [2.24, 2.45) is 0 Å². The summed E-state index contributed by atoms with van der Waals surface area (Å²) >= 11 is 6.17. The van der Waals surface area contributed by atoms with Crippen LogP contribution in [0.25, 0.3) is 17.1 Å². The Kier molecular flexibility index (Phi) is 5.50. The van der Waals surface area contributed by atoms with E-state index in [-0.39, 0.29) is 5.82 Å². The van der Waals surface area contributed by atoms with Crippen molar-refractivity contribution < 1.29 is 9.53 Å². The standard InChI is InChI=1S/C23H19ClN4O2/c1-15-10-12-18(13-11-15)28-22(16-6-5-7-17(24)14-16)26-21(27-28)23(29)25-19-8-3-4-9-20(19)30-2/h3-14H,1-2H3,(H,25,29). The van der Waals surface area contributed by atoms with Gasteiger partial charge in [0.25, 0.3) is 5.91 Å². The number of benzene rings is 3. The molecule has 4 aromatic rings. The zero-order chi connectivity index (χ0) is 21.1. The van der Waals surface area contributed by atoms with E-state index < -0.39 is 5.91 Å². The van der Waals surface area contributed by atoms with E-state index in [1.54, 1.807) is 36.1 Å². The minimum absolute atomic E-state index is 0.0384. The Morgan fingerprint density at radius 2 is 1.80 bits per heavy atom. The van der Waals surface area contributed by atoms with E-state index in [1.807, 2.05) is 55.5 Å². The average Bonchev–Trinajstić information content (AvgIpc) is 3.20. The number of halogens is 1. The van der Waals surface area contributed by atoms with Gasteiger partial charge in [-0.15, -0.1) is 5.10 Å². The molecule has 7 heteroatoms. The van der Waals surface area contributed by atoms with Crippen molar-refractivity contribution in [3.63, 3.8) is 0 Å². The molecule has 1 heterocycles. The van der Waals surface area contributed by atoms with Gasteiger partial charge >= 0.3 is 0 Å². The van der Waals surface area contributed by atoms with E-state index >= 15 is 0 Å². The molecule has 1 aromatic heterocycles. The second-order valence-electron chi connectivity index (χ2n) is 6.67. The summed E-state index contributed by atoms with van der Waals surface area (Å²) in [4.78, 5) is 17.4. The fraction of sp³-hybridized carbons (Fsp3) is 0.0870. The number of anilines is 1. The van der Waals surface area contributed by atoms with Gasteiger partial charge in [-0.3, -0.25) is 4.79 Å². The number of aryl methyl sites for hydroxylation is 1. The summed E-state index contributed by atoms with van der Waals surface area (Å²) in [6.07, 6.45) is 0. The van der Waals surface area contributed by atoms with Crippen LogP contribution in [0.4, 0.5) is 5.69 Å². The van der Waals surface area contributed by atoms with E-state index in [0.717, 1.165) is 16.8 Å². The van der Waals surface area contributed by atoms with Crippen LogP contribution >= 0.6 is 11.6 Å². The van der Waals surface area contributed by atoms with Crippen molar-refractivity contribution in [2.75, 3.05) is 12.4 Å². The monoisotopic (exact) mass is 418 g/mol. The lowest BCUT2D eigenvalue weighted by atomic mass is 10.2. The van der Waals surface area contributed by atoms with Gasteiger partial charge in [0, 0.05) is 10.6 Å². The van der Waals surface area contributed by atoms with Crippen molar-refractivity contribution in [3.05, 3.63) is 89.2 Å². The van der Waals surface area contributed by atoms with Crippen molar-refractivity contribution in [1.82, 2.24) is 14.8 Å². The second-order valence-corrected chi connectivity index (χ2v) is 7.11. The van der Waals surface area contributed by atoms with Crippen LogP contribution in [0.3, 0.4) is 0 Å². The van der Waals surface area contributed by atoms with Gasteiger partial charge in [0.2, 0.25) is 5.82 Å². The van der Waals surface area contributed by atoms with Crippen LogP contribution in [0.15, 0.2) is 72.8 Å². The fourth-order valence-electron chi connectivity index (χ4n) is 3.01. The Hall–Kier alpha value is -3.64. The number of carbonyl (C=O) groups is 1. The lowest BCUT2D eigenvalue weighted by molar-refractivity contribution is 0.101. The summed E-state index contributed by atoms with van der Waals surface area (Å²) in [5.74, 6) is 0.676. The number of methoxy groups -OCH3 is 1. The zero-order valence-corrected chi connectivity index (χ0v) is 17.2. The number of rotatable bonds is 5. The third-order valence-corrected chi connectivity index (χ3v) is 4.76. The third-order valence-electron chi connectivity index (χ3n) is 4.53. The number of amides is 1. The number of carbonyl (C=O) groups excluding carboxylic acids is 1. The van der Waals surface area contributed by atoms with Crippen LogP contribution in [-0.2, 0) is 0 Å². The van der Waals surface area contributed by atoms with Crippen LogP contribution in [0.5, 0.6) is 5.75 Å². The highest BCUT2D eigenvalue weighted by atomic mass is 35.5. The zero-order valence-electron chi connectivity index (χ0n) is 16.5. The first-order valence-corrected chi connectivity index (χ1v) is 9.67. The number of hydrogen-bond donors (Lipinski definition) is 1. The third kappa shape index (κ3) is 4.04. The fourth-order valence-corrected chi connectivity index (χ4v) is 3.21. The molecular formula is C23H19ClN4O2. The second kappa shape index (κ2) is 8.39. The summed E-state index contributed by atoms with van der Waals surface area (Å²) in [5.41, 5.74) is 3.21. The van der Waals surface area contributed by atoms with Crippen molar-refractivity contribution in [3.8, 4) is 22.8 Å². The van der Waals surface area contributed by atoms with E-state index in [1.165, 1.54) is 0 Å². The number of hydrogen-bond acceptors (Lipinski definition) is 4. The number of nitrogens with zero attached hydrogens (tertiary/aromatic N) is 3. The minimum Gasteiger partial charge on any atom is -0.495 e. The molecule has 1 N–H and O–H groups in total. The van der Waals surface area contributed by atoms with Crippen molar-refractivity contribution in [2.45, 2.75) is 6.92 Å². The van der Waals surface area contributed by atoms with Crippen molar-refractivity contribution >= 4 is 23.2 Å². The molecule has 0 saturated heterocycles. The van der Waals surface area contributed by atoms with Crippen molar-refractivity contribution in [1.29, 1.82) is 0 Å². The van der Waals surface area contributed by atoms with Crippen LogP contribution in [0.1, 0.15) is 16.2 Å². The van der Waals surface area contributed by atoms with Gasteiger partial charge < -0.3 is 10.1 Å². The van der Waals surface area contributed by atoms with E-state index in [9.17, 15) is 4.79 Å². The Morgan fingerprint density at radius 3 is 2.53 bits per heavy atom. The van der Waals surface area contributed by atoms with Gasteiger partial charge in [-0.2, -0.15) is 0 Å². The molecule has 0 aliphatic rings. The maximum Gasteiger partial charge on any atom is 0.295 e. The lowest BCUT2D eigenvalue weighted by Crippen LogP contribution is -2.15. The number of aromatic nitrogens is 3. The van der Waals surface area contributed by atoms with Gasteiger partial charge in [0.05, 0.1) is 18.5 Å². The summed E-state index contributed by atoms with van der Waals surface area (Å²) in [7, 11) is 1.55. The van der Waals surface area contributed by atoms with E-state index in [2.05, 4.69) is 15.4 Å². The Bertz CT molecular complexity index is 1200. The van der Waals surface area contributed by atoms with Crippen LogP contribution in [0.2, 0.25) is 5.02 Å². The SMILES string of the molecule is COc1ccccc1NC(=O)c1nc(-c2cccc(Cl)c2)n(-c2ccc(C)cc2)n1. The lowest BCUT2D eigenvalue weighted by Gasteiger charge is -2.08. The molecule has 0 bridgehead atoms. The van der Waals surface area contributed by atoms with Crippen LogP contribution < -0.4 is 10.1 Å². The predicted octanol–water partition coefficient (Wildman–Crippen LogP) is 5.16. The van der Waals surface area contributed by atoms with E-state index in [4.69, 9.17) is 16.3 Å². The number of ether oxygens (including phenoxy) is 1. The molecule has 4 rings (SSSR count). The molecule has 0 spiro atoms. The summed E-state index contributed by atoms with van der Waals surface area (Å²) < 4.78 is 6.94. The van der Waals surface area contributed by atoms with Gasteiger partial charge in [-0.25, -0.2) is 9.67 Å². The quantitative estimate of drug-likeness (QED) is 0.486. The first-order chi connectivity index (χ1) is 14.5. The molecule has 30 heavy (non-hydrogen) atoms. The highest BCUT2D eigenvalue weighted by molar-refractivity contribution is 6.30.